The summed E-state index contributed by atoms with van der Waals surface area (Å²) in [5, 5.41) is 2.56. The predicted octanol–water partition coefficient (Wildman–Crippen LogP) is 4.61. The number of aromatic nitrogens is 1. The van der Waals surface area contributed by atoms with Gasteiger partial charge in [0.15, 0.2) is 0 Å². The highest BCUT2D eigenvalue weighted by Crippen LogP contribution is 2.30. The number of rotatable bonds is 7. The van der Waals surface area contributed by atoms with Crippen molar-refractivity contribution in [2.24, 2.45) is 0 Å². The summed E-state index contributed by atoms with van der Waals surface area (Å²) in [7, 11) is 1.25. The Morgan fingerprint density at radius 2 is 1.67 bits per heavy atom. The highest BCUT2D eigenvalue weighted by molar-refractivity contribution is 6.47. The van der Waals surface area contributed by atoms with E-state index in [9.17, 15) is 14.4 Å². The maximum Gasteiger partial charge on any atom is 0.339 e. The molecule has 0 saturated heterocycles. The molecule has 1 amide bonds. The number of hydrogen-bond donors (Lipinski definition) is 1. The molecule has 0 atom stereocenters. The number of pyridine rings is 1. The number of amides is 1. The van der Waals surface area contributed by atoms with E-state index in [-0.39, 0.29) is 16.9 Å². The number of carbonyl (C=O) groups excluding carboxylic acids is 3. The molecule has 2 aromatic heterocycles. The number of ether oxygens (including phenoxy) is 2. The smallest absolute Gasteiger partial charge is 0.339 e. The van der Waals surface area contributed by atoms with Crippen molar-refractivity contribution in [3.05, 3.63) is 90.3 Å². The van der Waals surface area contributed by atoms with Gasteiger partial charge in [0.05, 0.1) is 25.0 Å². The lowest BCUT2D eigenvalue weighted by Gasteiger charge is -2.10. The Morgan fingerprint density at radius 1 is 0.939 bits per heavy atom. The standard InChI is InChI=1S/C26H22N2O5/c1-3-33-19-13-11-17(12-14-19)21-16-18-8-6-7-15-28(18)23(21)24(29)25(30)27-22-10-5-4-9-20(22)26(31)32-2/h4-16H,3H2,1-2H3,(H,27,30). The van der Waals surface area contributed by atoms with E-state index >= 15 is 0 Å². The van der Waals surface area contributed by atoms with Crippen molar-refractivity contribution < 1.29 is 23.9 Å². The van der Waals surface area contributed by atoms with Crippen LogP contribution < -0.4 is 10.1 Å². The normalized spacial score (nSPS) is 10.6. The Labute approximate surface area is 190 Å². The zero-order valence-electron chi connectivity index (χ0n) is 18.2. The van der Waals surface area contributed by atoms with E-state index in [1.807, 2.05) is 49.4 Å². The molecule has 0 aliphatic heterocycles. The summed E-state index contributed by atoms with van der Waals surface area (Å²) in [4.78, 5) is 38.4. The summed E-state index contributed by atoms with van der Waals surface area (Å²) >= 11 is 0. The van der Waals surface area contributed by atoms with Gasteiger partial charge in [-0.15, -0.1) is 0 Å². The van der Waals surface area contributed by atoms with Gasteiger partial charge in [-0.3, -0.25) is 9.59 Å². The third-order valence-electron chi connectivity index (χ3n) is 5.16. The van der Waals surface area contributed by atoms with E-state index in [4.69, 9.17) is 9.47 Å². The second kappa shape index (κ2) is 9.40. The lowest BCUT2D eigenvalue weighted by Crippen LogP contribution is -2.25. The molecule has 0 unspecified atom stereocenters. The zero-order chi connectivity index (χ0) is 23.4. The molecule has 0 radical (unpaired) electrons. The summed E-state index contributed by atoms with van der Waals surface area (Å²) in [6, 6.07) is 21.1. The minimum Gasteiger partial charge on any atom is -0.494 e. The quantitative estimate of drug-likeness (QED) is 0.257. The van der Waals surface area contributed by atoms with Crippen LogP contribution in [0, 0.1) is 0 Å². The number of Topliss-reactive ketones (excluding diaryl/α,β-unsaturated/α-hetero) is 1. The molecular formula is C26H22N2O5. The molecule has 0 spiro atoms. The van der Waals surface area contributed by atoms with Crippen molar-refractivity contribution in [3.63, 3.8) is 0 Å². The molecule has 166 valence electrons. The van der Waals surface area contributed by atoms with Crippen LogP contribution >= 0.6 is 0 Å². The molecule has 1 N–H and O–H groups in total. The third-order valence-corrected chi connectivity index (χ3v) is 5.16. The molecule has 2 aromatic carbocycles. The molecule has 0 bridgehead atoms. The van der Waals surface area contributed by atoms with Gasteiger partial charge in [0.25, 0.3) is 11.7 Å². The van der Waals surface area contributed by atoms with Crippen molar-refractivity contribution in [2.45, 2.75) is 6.92 Å². The van der Waals surface area contributed by atoms with Gasteiger partial charge in [-0.2, -0.15) is 0 Å². The Kier molecular flexibility index (Phi) is 6.22. The van der Waals surface area contributed by atoms with E-state index in [1.54, 1.807) is 34.9 Å². The van der Waals surface area contributed by atoms with Crippen LogP contribution in [0.3, 0.4) is 0 Å². The third kappa shape index (κ3) is 4.34. The number of hydrogen-bond acceptors (Lipinski definition) is 5. The Bertz CT molecular complexity index is 1340. The minimum absolute atomic E-state index is 0.160. The maximum absolute atomic E-state index is 13.4. The average molecular weight is 442 g/mol. The first kappa shape index (κ1) is 21.8. The lowest BCUT2D eigenvalue weighted by molar-refractivity contribution is -0.112. The van der Waals surface area contributed by atoms with Crippen molar-refractivity contribution in [2.75, 3.05) is 19.0 Å². The van der Waals surface area contributed by atoms with Gasteiger partial charge in [-0.05, 0) is 55.0 Å². The van der Waals surface area contributed by atoms with Crippen LogP contribution in [0.1, 0.15) is 27.8 Å². The average Bonchev–Trinajstić information content (AvgIpc) is 3.23. The van der Waals surface area contributed by atoms with E-state index in [0.717, 1.165) is 16.8 Å². The van der Waals surface area contributed by atoms with Crippen molar-refractivity contribution in [3.8, 4) is 16.9 Å². The van der Waals surface area contributed by atoms with Crippen LogP contribution in [-0.2, 0) is 9.53 Å². The molecule has 0 aliphatic carbocycles. The summed E-state index contributed by atoms with van der Waals surface area (Å²) in [5.74, 6) is -1.48. The number of nitrogens with one attached hydrogen (secondary N) is 1. The Hall–Kier alpha value is -4.39. The fourth-order valence-corrected chi connectivity index (χ4v) is 3.64. The fraction of sp³-hybridized carbons (Fsp3) is 0.115. The Morgan fingerprint density at radius 3 is 2.39 bits per heavy atom. The molecule has 33 heavy (non-hydrogen) atoms. The molecular weight excluding hydrogens is 420 g/mol. The highest BCUT2D eigenvalue weighted by atomic mass is 16.5. The predicted molar refractivity (Wildman–Crippen MR) is 125 cm³/mol. The summed E-state index contributed by atoms with van der Waals surface area (Å²) < 4.78 is 11.9. The number of ketones is 1. The number of nitrogens with zero attached hydrogens (tertiary/aromatic N) is 1. The van der Waals surface area contributed by atoms with E-state index in [1.165, 1.54) is 13.2 Å². The second-order valence-corrected chi connectivity index (χ2v) is 7.18. The summed E-state index contributed by atoms with van der Waals surface area (Å²) in [5.41, 5.74) is 2.74. The largest absolute Gasteiger partial charge is 0.494 e. The molecule has 7 nitrogen and oxygen atoms in total. The molecule has 4 rings (SSSR count). The van der Waals surface area contributed by atoms with Gasteiger partial charge in [0.2, 0.25) is 0 Å². The minimum atomic E-state index is -0.859. The van der Waals surface area contributed by atoms with Crippen molar-refractivity contribution in [1.29, 1.82) is 0 Å². The lowest BCUT2D eigenvalue weighted by atomic mass is 10.0. The molecule has 4 aromatic rings. The summed E-state index contributed by atoms with van der Waals surface area (Å²) in [6.07, 6.45) is 1.73. The fourth-order valence-electron chi connectivity index (χ4n) is 3.64. The van der Waals surface area contributed by atoms with Crippen LogP contribution in [0.2, 0.25) is 0 Å². The summed E-state index contributed by atoms with van der Waals surface area (Å²) in [6.45, 7) is 2.45. The SMILES string of the molecule is CCOc1ccc(-c2cc3ccccn3c2C(=O)C(=O)Nc2ccccc2C(=O)OC)cc1. The maximum atomic E-state index is 13.4. The topological polar surface area (TPSA) is 86.1 Å². The molecule has 0 fully saturated rings. The first-order valence-corrected chi connectivity index (χ1v) is 10.4. The number of para-hydroxylation sites is 1. The van der Waals surface area contributed by atoms with Crippen molar-refractivity contribution in [1.82, 2.24) is 4.40 Å². The van der Waals surface area contributed by atoms with Gasteiger partial charge >= 0.3 is 5.97 Å². The van der Waals surface area contributed by atoms with Gasteiger partial charge in [0.1, 0.15) is 11.4 Å². The monoisotopic (exact) mass is 442 g/mol. The van der Waals surface area contributed by atoms with Crippen LogP contribution in [0.15, 0.2) is 79.0 Å². The number of benzene rings is 2. The number of anilines is 1. The molecule has 0 saturated carbocycles. The number of fused-ring (bicyclic) bond motifs is 1. The highest BCUT2D eigenvalue weighted by Gasteiger charge is 2.26. The second-order valence-electron chi connectivity index (χ2n) is 7.18. The first-order valence-electron chi connectivity index (χ1n) is 10.4. The molecule has 7 heteroatoms. The van der Waals surface area contributed by atoms with Crippen LogP contribution in [-0.4, -0.2) is 35.8 Å². The van der Waals surface area contributed by atoms with Gasteiger partial charge in [-0.25, -0.2) is 4.79 Å². The van der Waals surface area contributed by atoms with E-state index in [2.05, 4.69) is 5.32 Å². The Balaban J connectivity index is 1.73. The van der Waals surface area contributed by atoms with E-state index in [0.29, 0.717) is 12.2 Å². The van der Waals surface area contributed by atoms with Crippen LogP contribution in [0.5, 0.6) is 5.75 Å². The van der Waals surface area contributed by atoms with Crippen LogP contribution in [0.25, 0.3) is 16.6 Å². The van der Waals surface area contributed by atoms with E-state index < -0.39 is 17.7 Å². The van der Waals surface area contributed by atoms with Gasteiger partial charge in [0, 0.05) is 17.3 Å². The van der Waals surface area contributed by atoms with Gasteiger partial charge < -0.3 is 19.2 Å². The number of esters is 1. The van der Waals surface area contributed by atoms with Crippen LogP contribution in [0.4, 0.5) is 5.69 Å². The zero-order valence-corrected chi connectivity index (χ0v) is 18.2. The first-order chi connectivity index (χ1) is 16.0. The molecule has 0 aliphatic rings. The number of carbonyl (C=O) groups is 3. The number of methoxy groups -OCH3 is 1. The van der Waals surface area contributed by atoms with Crippen molar-refractivity contribution >= 4 is 28.9 Å². The van der Waals surface area contributed by atoms with Gasteiger partial charge in [-0.1, -0.05) is 30.3 Å². The molecule has 2 heterocycles.